The summed E-state index contributed by atoms with van der Waals surface area (Å²) in [4.78, 5) is 13.6. The smallest absolute Gasteiger partial charge is 0.245 e. The molecule has 0 spiro atoms. The van der Waals surface area contributed by atoms with Gasteiger partial charge in [0.2, 0.25) is 5.91 Å². The lowest BCUT2D eigenvalue weighted by Crippen LogP contribution is -2.19. The van der Waals surface area contributed by atoms with Crippen molar-refractivity contribution < 1.29 is 4.79 Å². The number of rotatable bonds is 4. The summed E-state index contributed by atoms with van der Waals surface area (Å²) in [5, 5.41) is 2.81. The zero-order valence-corrected chi connectivity index (χ0v) is 10.4. The van der Waals surface area contributed by atoms with Crippen molar-refractivity contribution in [2.24, 2.45) is 5.73 Å². The number of carbonyl (C=O) groups excluding carboxylic acids is 1. The zero-order chi connectivity index (χ0) is 12.4. The maximum absolute atomic E-state index is 11.4. The molecule has 0 aromatic heterocycles. The maximum atomic E-state index is 11.4. The fourth-order valence-corrected chi connectivity index (χ4v) is 2.04. The van der Waals surface area contributed by atoms with E-state index in [2.05, 4.69) is 24.2 Å². The number of fused-ring (bicyclic) bond motifs is 1. The summed E-state index contributed by atoms with van der Waals surface area (Å²) in [5.74, 6) is -0.117. The molecule has 17 heavy (non-hydrogen) atoms. The van der Waals surface area contributed by atoms with Crippen LogP contribution in [0.25, 0.3) is 0 Å². The maximum Gasteiger partial charge on any atom is 0.245 e. The Kier molecular flexibility index (Phi) is 3.33. The van der Waals surface area contributed by atoms with Crippen molar-refractivity contribution in [2.75, 3.05) is 23.8 Å². The number of benzene rings is 1. The second-order valence-electron chi connectivity index (χ2n) is 4.51. The highest BCUT2D eigenvalue weighted by molar-refractivity contribution is 6.02. The molecule has 4 heteroatoms. The number of hydrogen-bond acceptors (Lipinski definition) is 3. The van der Waals surface area contributed by atoms with E-state index in [1.165, 1.54) is 12.8 Å². The second-order valence-corrected chi connectivity index (χ2v) is 4.51. The Morgan fingerprint density at radius 1 is 1.47 bits per heavy atom. The summed E-state index contributed by atoms with van der Waals surface area (Å²) >= 11 is 0. The molecule has 1 aliphatic heterocycles. The second kappa shape index (κ2) is 4.75. The van der Waals surface area contributed by atoms with E-state index in [9.17, 15) is 4.79 Å². The van der Waals surface area contributed by atoms with E-state index in [0.717, 1.165) is 23.5 Å². The van der Waals surface area contributed by atoms with Crippen molar-refractivity contribution >= 4 is 17.3 Å². The minimum atomic E-state index is -0.514. The molecular formula is C13H19N3O. The van der Waals surface area contributed by atoms with Crippen molar-refractivity contribution in [1.29, 1.82) is 0 Å². The average molecular weight is 233 g/mol. The molecule has 0 aliphatic carbocycles. The highest BCUT2D eigenvalue weighted by Gasteiger charge is 2.27. The molecule has 4 nitrogen and oxygen atoms in total. The Morgan fingerprint density at radius 3 is 2.94 bits per heavy atom. The lowest BCUT2D eigenvalue weighted by atomic mass is 10.1. The van der Waals surface area contributed by atoms with Gasteiger partial charge in [-0.3, -0.25) is 4.79 Å². The van der Waals surface area contributed by atoms with E-state index in [1.54, 1.807) is 0 Å². The van der Waals surface area contributed by atoms with Crippen LogP contribution < -0.4 is 16.0 Å². The van der Waals surface area contributed by atoms with Gasteiger partial charge in [-0.25, -0.2) is 0 Å². The van der Waals surface area contributed by atoms with Gasteiger partial charge in [-0.1, -0.05) is 19.4 Å². The summed E-state index contributed by atoms with van der Waals surface area (Å²) in [6, 6.07) is 5.44. The number of nitrogens with zero attached hydrogens (tertiary/aromatic N) is 1. The summed E-state index contributed by atoms with van der Waals surface area (Å²) in [7, 11) is 2.06. The molecule has 0 saturated carbocycles. The van der Waals surface area contributed by atoms with E-state index >= 15 is 0 Å². The highest BCUT2D eigenvalue weighted by Crippen LogP contribution is 2.32. The van der Waals surface area contributed by atoms with Crippen molar-refractivity contribution in [2.45, 2.75) is 25.8 Å². The minimum absolute atomic E-state index is 0.117. The Morgan fingerprint density at radius 2 is 2.24 bits per heavy atom. The van der Waals surface area contributed by atoms with Gasteiger partial charge in [-0.05, 0) is 18.6 Å². The van der Waals surface area contributed by atoms with Crippen LogP contribution in [-0.4, -0.2) is 19.5 Å². The van der Waals surface area contributed by atoms with E-state index in [4.69, 9.17) is 5.73 Å². The minimum Gasteiger partial charge on any atom is -0.375 e. The third-order valence-electron chi connectivity index (χ3n) is 3.20. The summed E-state index contributed by atoms with van der Waals surface area (Å²) < 4.78 is 0. The van der Waals surface area contributed by atoms with Crippen molar-refractivity contribution in [3.63, 3.8) is 0 Å². The molecule has 2 rings (SSSR count). The third kappa shape index (κ3) is 2.26. The van der Waals surface area contributed by atoms with Gasteiger partial charge in [-0.2, -0.15) is 0 Å². The lowest BCUT2D eigenvalue weighted by Gasteiger charge is -2.19. The molecule has 1 aliphatic rings. The van der Waals surface area contributed by atoms with E-state index in [-0.39, 0.29) is 5.91 Å². The Balaban J connectivity index is 2.18. The SMILES string of the molecule is CCCCN(C)c1ccc2c(c1)NC(=O)C2N. The first kappa shape index (κ1) is 11.9. The molecule has 0 fully saturated rings. The standard InChI is InChI=1S/C13H19N3O/c1-3-4-7-16(2)9-5-6-10-11(8-9)15-13(17)12(10)14/h5-6,8,12H,3-4,7,14H2,1-2H3,(H,15,17). The molecule has 1 unspecified atom stereocenters. The zero-order valence-electron chi connectivity index (χ0n) is 10.4. The monoisotopic (exact) mass is 233 g/mol. The van der Waals surface area contributed by atoms with Crippen LogP contribution in [0.3, 0.4) is 0 Å². The van der Waals surface area contributed by atoms with Gasteiger partial charge >= 0.3 is 0 Å². The van der Waals surface area contributed by atoms with E-state index in [0.29, 0.717) is 0 Å². The highest BCUT2D eigenvalue weighted by atomic mass is 16.2. The summed E-state index contributed by atoms with van der Waals surface area (Å²) in [6.07, 6.45) is 2.34. The van der Waals surface area contributed by atoms with Crippen molar-refractivity contribution in [3.8, 4) is 0 Å². The van der Waals surface area contributed by atoms with Crippen LogP contribution >= 0.6 is 0 Å². The number of nitrogens with two attached hydrogens (primary N) is 1. The van der Waals surface area contributed by atoms with Gasteiger partial charge in [0, 0.05) is 30.5 Å². The normalized spacial score (nSPS) is 17.8. The number of carbonyl (C=O) groups is 1. The van der Waals surface area contributed by atoms with Crippen molar-refractivity contribution in [3.05, 3.63) is 23.8 Å². The van der Waals surface area contributed by atoms with Crippen LogP contribution in [0.2, 0.25) is 0 Å². The average Bonchev–Trinajstić information content (AvgIpc) is 2.61. The number of nitrogens with one attached hydrogen (secondary N) is 1. The predicted octanol–water partition coefficient (Wildman–Crippen LogP) is 1.87. The van der Waals surface area contributed by atoms with Crippen LogP contribution in [-0.2, 0) is 4.79 Å². The molecule has 1 aromatic rings. The van der Waals surface area contributed by atoms with Crippen LogP contribution in [0.4, 0.5) is 11.4 Å². The van der Waals surface area contributed by atoms with Crippen LogP contribution in [0, 0.1) is 0 Å². The van der Waals surface area contributed by atoms with Gasteiger partial charge in [0.25, 0.3) is 0 Å². The molecule has 0 saturated heterocycles. The largest absolute Gasteiger partial charge is 0.375 e. The Hall–Kier alpha value is -1.55. The van der Waals surface area contributed by atoms with E-state index < -0.39 is 6.04 Å². The fraction of sp³-hybridized carbons (Fsp3) is 0.462. The molecule has 0 bridgehead atoms. The number of unbranched alkanes of at least 4 members (excludes halogenated alkanes) is 1. The molecule has 1 aromatic carbocycles. The molecule has 1 atom stereocenters. The Bertz CT molecular complexity index is 431. The summed E-state index contributed by atoms with van der Waals surface area (Å²) in [5.41, 5.74) is 8.63. The molecule has 92 valence electrons. The van der Waals surface area contributed by atoms with Gasteiger partial charge in [-0.15, -0.1) is 0 Å². The van der Waals surface area contributed by atoms with Crippen molar-refractivity contribution in [1.82, 2.24) is 0 Å². The number of amides is 1. The molecular weight excluding hydrogens is 214 g/mol. The molecule has 0 radical (unpaired) electrons. The van der Waals surface area contributed by atoms with Crippen LogP contribution in [0.15, 0.2) is 18.2 Å². The number of anilines is 2. The molecule has 3 N–H and O–H groups in total. The first-order valence-corrected chi connectivity index (χ1v) is 6.05. The first-order chi connectivity index (χ1) is 8.13. The lowest BCUT2D eigenvalue weighted by molar-refractivity contribution is -0.116. The predicted molar refractivity (Wildman–Crippen MR) is 70.2 cm³/mol. The summed E-state index contributed by atoms with van der Waals surface area (Å²) in [6.45, 7) is 3.20. The van der Waals surface area contributed by atoms with Crippen LogP contribution in [0.1, 0.15) is 31.4 Å². The van der Waals surface area contributed by atoms with E-state index in [1.807, 2.05) is 18.2 Å². The van der Waals surface area contributed by atoms with Gasteiger partial charge < -0.3 is 16.0 Å². The fourth-order valence-electron chi connectivity index (χ4n) is 2.04. The van der Waals surface area contributed by atoms with Gasteiger partial charge in [0.05, 0.1) is 0 Å². The topological polar surface area (TPSA) is 58.4 Å². The molecule has 1 amide bonds. The quantitative estimate of drug-likeness (QED) is 0.834. The van der Waals surface area contributed by atoms with Crippen LogP contribution in [0.5, 0.6) is 0 Å². The Labute approximate surface area is 102 Å². The third-order valence-corrected chi connectivity index (χ3v) is 3.20. The first-order valence-electron chi connectivity index (χ1n) is 6.05. The number of hydrogen-bond donors (Lipinski definition) is 2. The molecule has 1 heterocycles. The van der Waals surface area contributed by atoms with Gasteiger partial charge in [0.1, 0.15) is 6.04 Å². The van der Waals surface area contributed by atoms with Gasteiger partial charge in [0.15, 0.2) is 0 Å².